The van der Waals surface area contributed by atoms with Gasteiger partial charge in [-0.2, -0.15) is 0 Å². The van der Waals surface area contributed by atoms with Gasteiger partial charge in [-0.3, -0.25) is 14.0 Å². The molecule has 0 fully saturated rings. The van der Waals surface area contributed by atoms with Crippen molar-refractivity contribution in [1.82, 2.24) is 0 Å². The first-order chi connectivity index (χ1) is 11.0. The van der Waals surface area contributed by atoms with Gasteiger partial charge in [0.25, 0.3) is 10.0 Å². The molecule has 0 aromatic heterocycles. The average Bonchev–Trinajstić information content (AvgIpc) is 2.62. The highest BCUT2D eigenvalue weighted by molar-refractivity contribution is 7.93. The van der Waals surface area contributed by atoms with Gasteiger partial charge in [0.15, 0.2) is 0 Å². The Morgan fingerprint density at radius 1 is 1.00 bits per heavy atom. The molecule has 2 aromatic rings. The number of anilines is 3. The van der Waals surface area contributed by atoms with Crippen LogP contribution >= 0.6 is 11.6 Å². The molecule has 0 spiro atoms. The smallest absolute Gasteiger partial charge is 0.266 e. The van der Waals surface area contributed by atoms with Crippen molar-refractivity contribution in [1.29, 1.82) is 0 Å². The second kappa shape index (κ2) is 5.86. The first-order valence-electron chi connectivity index (χ1n) is 7.04. The molecule has 0 atom stereocenters. The zero-order chi connectivity index (χ0) is 16.6. The van der Waals surface area contributed by atoms with Crippen LogP contribution in [0.2, 0.25) is 0 Å². The Labute approximate surface area is 140 Å². The van der Waals surface area contributed by atoms with Gasteiger partial charge >= 0.3 is 0 Å². The Balaban J connectivity index is 2.37. The molecule has 5 nitrogen and oxygen atoms in total. The van der Waals surface area contributed by atoms with Gasteiger partial charge in [-0.25, -0.2) is 8.42 Å². The van der Waals surface area contributed by atoms with Crippen molar-refractivity contribution in [2.45, 2.75) is 11.3 Å². The summed E-state index contributed by atoms with van der Waals surface area (Å²) in [5, 5.41) is 0. The predicted molar refractivity (Wildman–Crippen MR) is 91.0 cm³/mol. The van der Waals surface area contributed by atoms with Crippen LogP contribution in [0.4, 0.5) is 17.1 Å². The lowest BCUT2D eigenvalue weighted by molar-refractivity contribution is -0.117. The quantitative estimate of drug-likeness (QED) is 0.782. The first-order valence-corrected chi connectivity index (χ1v) is 9.02. The summed E-state index contributed by atoms with van der Waals surface area (Å²) in [6.07, 6.45) is 0.119. The monoisotopic (exact) mass is 350 g/mol. The van der Waals surface area contributed by atoms with E-state index in [1.54, 1.807) is 42.5 Å². The predicted octanol–water partition coefficient (Wildman–Crippen LogP) is 3.12. The second-order valence-corrected chi connectivity index (χ2v) is 7.41. The second-order valence-electron chi connectivity index (χ2n) is 5.10. The molecule has 1 aliphatic rings. The summed E-state index contributed by atoms with van der Waals surface area (Å²) in [5.41, 5.74) is 1.32. The highest BCUT2D eigenvalue weighted by Gasteiger charge is 2.35. The average molecular weight is 351 g/mol. The SMILES string of the molecule is CN1c2ccccc2N(C(=O)CCCl)c2ccccc2S1(=O)=O. The number of rotatable bonds is 2. The molecule has 0 saturated carbocycles. The number of para-hydroxylation sites is 3. The van der Waals surface area contributed by atoms with E-state index in [2.05, 4.69) is 0 Å². The van der Waals surface area contributed by atoms with Crippen molar-refractivity contribution < 1.29 is 13.2 Å². The maximum absolute atomic E-state index is 12.9. The van der Waals surface area contributed by atoms with Gasteiger partial charge in [0.05, 0.1) is 17.1 Å². The van der Waals surface area contributed by atoms with Gasteiger partial charge < -0.3 is 0 Å². The number of alkyl halides is 1. The molecule has 0 aliphatic carbocycles. The minimum absolute atomic E-state index is 0.0987. The van der Waals surface area contributed by atoms with Crippen LogP contribution in [-0.4, -0.2) is 27.3 Å². The van der Waals surface area contributed by atoms with E-state index >= 15 is 0 Å². The van der Waals surface area contributed by atoms with Gasteiger partial charge in [-0.05, 0) is 24.3 Å². The van der Waals surface area contributed by atoms with Gasteiger partial charge in [-0.15, -0.1) is 11.6 Å². The third-order valence-corrected chi connectivity index (χ3v) is 5.77. The molecule has 3 rings (SSSR count). The van der Waals surface area contributed by atoms with Crippen LogP contribution in [0.15, 0.2) is 53.4 Å². The minimum atomic E-state index is -3.75. The molecular weight excluding hydrogens is 336 g/mol. The normalized spacial score (nSPS) is 15.6. The molecule has 0 saturated heterocycles. The van der Waals surface area contributed by atoms with Crippen LogP contribution in [0.25, 0.3) is 0 Å². The topological polar surface area (TPSA) is 57.7 Å². The van der Waals surface area contributed by atoms with Crippen LogP contribution in [0.1, 0.15) is 6.42 Å². The summed E-state index contributed by atoms with van der Waals surface area (Å²) in [7, 11) is -2.26. The number of carbonyl (C=O) groups is 1. The van der Waals surface area contributed by atoms with Crippen LogP contribution in [-0.2, 0) is 14.8 Å². The maximum atomic E-state index is 12.9. The fraction of sp³-hybridized carbons (Fsp3) is 0.188. The summed E-state index contributed by atoms with van der Waals surface area (Å²) in [6.45, 7) is 0. The third kappa shape index (κ3) is 2.48. The van der Waals surface area contributed by atoms with Gasteiger partial charge in [-0.1, -0.05) is 24.3 Å². The largest absolute Gasteiger partial charge is 0.277 e. The van der Waals surface area contributed by atoms with E-state index in [-0.39, 0.29) is 23.1 Å². The maximum Gasteiger partial charge on any atom is 0.266 e. The lowest BCUT2D eigenvalue weighted by Crippen LogP contribution is -2.26. The number of carbonyl (C=O) groups excluding carboxylic acids is 1. The lowest BCUT2D eigenvalue weighted by atomic mass is 10.2. The highest BCUT2D eigenvalue weighted by Crippen LogP contribution is 2.43. The van der Waals surface area contributed by atoms with Crippen molar-refractivity contribution in [2.24, 2.45) is 0 Å². The van der Waals surface area contributed by atoms with Crippen LogP contribution in [0.5, 0.6) is 0 Å². The molecule has 2 aromatic carbocycles. The van der Waals surface area contributed by atoms with E-state index in [9.17, 15) is 13.2 Å². The number of fused-ring (bicyclic) bond motifs is 2. The zero-order valence-electron chi connectivity index (χ0n) is 12.4. The number of halogens is 1. The molecule has 0 unspecified atom stereocenters. The number of hydrogen-bond donors (Lipinski definition) is 0. The minimum Gasteiger partial charge on any atom is -0.277 e. The Morgan fingerprint density at radius 2 is 1.57 bits per heavy atom. The summed E-state index contributed by atoms with van der Waals surface area (Å²) in [5.74, 6) is -0.0761. The van der Waals surface area contributed by atoms with Gasteiger partial charge in [0.2, 0.25) is 5.91 Å². The van der Waals surface area contributed by atoms with E-state index in [0.717, 1.165) is 0 Å². The molecule has 23 heavy (non-hydrogen) atoms. The fourth-order valence-corrected chi connectivity index (χ4v) is 4.19. The van der Waals surface area contributed by atoms with E-state index in [0.29, 0.717) is 17.1 Å². The van der Waals surface area contributed by atoms with E-state index in [1.807, 2.05) is 0 Å². The molecule has 1 heterocycles. The molecule has 0 bridgehead atoms. The van der Waals surface area contributed by atoms with Crippen molar-refractivity contribution in [2.75, 3.05) is 22.1 Å². The van der Waals surface area contributed by atoms with Crippen molar-refractivity contribution in [3.8, 4) is 0 Å². The number of sulfonamides is 1. The molecule has 120 valence electrons. The van der Waals surface area contributed by atoms with Crippen molar-refractivity contribution >= 4 is 44.6 Å². The molecule has 0 N–H and O–H groups in total. The van der Waals surface area contributed by atoms with Crippen LogP contribution in [0, 0.1) is 0 Å². The first kappa shape index (κ1) is 15.8. The van der Waals surface area contributed by atoms with Gasteiger partial charge in [0.1, 0.15) is 4.90 Å². The van der Waals surface area contributed by atoms with E-state index in [4.69, 9.17) is 11.6 Å². The Kier molecular flexibility index (Phi) is 4.04. The Hall–Kier alpha value is -2.05. The standard InChI is InChI=1S/C16H15ClN2O3S/c1-18-12-6-2-3-7-13(12)19(16(20)10-11-17)14-8-4-5-9-15(14)23(18,21)22/h2-9H,10-11H2,1H3. The Morgan fingerprint density at radius 3 is 2.22 bits per heavy atom. The van der Waals surface area contributed by atoms with Crippen molar-refractivity contribution in [3.05, 3.63) is 48.5 Å². The fourth-order valence-electron chi connectivity index (χ4n) is 2.65. The van der Waals surface area contributed by atoms with Gasteiger partial charge in [0, 0.05) is 19.3 Å². The lowest BCUT2D eigenvalue weighted by Gasteiger charge is -2.24. The number of benzene rings is 2. The zero-order valence-corrected chi connectivity index (χ0v) is 14.0. The highest BCUT2D eigenvalue weighted by atomic mass is 35.5. The summed E-state index contributed by atoms with van der Waals surface area (Å²) in [6, 6.07) is 13.4. The van der Waals surface area contributed by atoms with Crippen LogP contribution in [0.3, 0.4) is 0 Å². The summed E-state index contributed by atoms with van der Waals surface area (Å²) < 4.78 is 27.0. The molecular formula is C16H15ClN2O3S. The molecule has 7 heteroatoms. The number of hydrogen-bond acceptors (Lipinski definition) is 3. The van der Waals surface area contributed by atoms with Crippen LogP contribution < -0.4 is 9.21 Å². The number of nitrogens with zero attached hydrogens (tertiary/aromatic N) is 2. The molecule has 1 aliphatic heterocycles. The van der Waals surface area contributed by atoms with E-state index < -0.39 is 10.0 Å². The molecule has 1 amide bonds. The van der Waals surface area contributed by atoms with Crippen molar-refractivity contribution in [3.63, 3.8) is 0 Å². The Bertz CT molecular complexity index is 867. The number of amides is 1. The summed E-state index contributed by atoms with van der Waals surface area (Å²) >= 11 is 5.72. The summed E-state index contributed by atoms with van der Waals surface area (Å²) in [4.78, 5) is 14.2. The third-order valence-electron chi connectivity index (χ3n) is 3.76. The molecule has 0 radical (unpaired) electrons. The van der Waals surface area contributed by atoms with E-state index in [1.165, 1.54) is 22.3 Å².